The van der Waals surface area contributed by atoms with Crippen molar-refractivity contribution >= 4 is 7.68 Å². The van der Waals surface area contributed by atoms with Gasteiger partial charge in [-0.1, -0.05) is 0 Å². The van der Waals surface area contributed by atoms with Crippen molar-refractivity contribution < 1.29 is 18.8 Å². The summed E-state index contributed by atoms with van der Waals surface area (Å²) >= 11 is 0. The molecule has 0 fully saturated rings. The molecule has 2 radical (unpaired) electrons. The van der Waals surface area contributed by atoms with Gasteiger partial charge in [-0.3, -0.25) is 4.57 Å². The highest BCUT2D eigenvalue weighted by Crippen LogP contribution is 2.44. The van der Waals surface area contributed by atoms with Crippen molar-refractivity contribution in [1.82, 2.24) is 0 Å². The molecular weight excluding hydrogens is 146 g/mol. The van der Waals surface area contributed by atoms with Crippen LogP contribution in [0.15, 0.2) is 0 Å². The SMILES string of the molecule is CC(C)OP(C)(=O)F.[O]. The van der Waals surface area contributed by atoms with Crippen molar-refractivity contribution in [3.63, 3.8) is 0 Å². The van der Waals surface area contributed by atoms with Gasteiger partial charge in [-0.25, -0.2) is 0 Å². The Hall–Kier alpha value is 0.0800. The second-order valence-corrected chi connectivity index (χ2v) is 3.61. The van der Waals surface area contributed by atoms with Crippen molar-refractivity contribution in [2.75, 3.05) is 6.66 Å². The van der Waals surface area contributed by atoms with E-state index in [1.165, 1.54) is 0 Å². The predicted molar refractivity (Wildman–Crippen MR) is 31.5 cm³/mol. The van der Waals surface area contributed by atoms with Gasteiger partial charge in [-0.2, -0.15) is 4.20 Å². The van der Waals surface area contributed by atoms with E-state index in [4.69, 9.17) is 0 Å². The average Bonchev–Trinajstić information content (AvgIpc) is 1.21. The minimum Gasteiger partial charge on any atom is -0.303 e. The van der Waals surface area contributed by atoms with Crippen LogP contribution in [0.25, 0.3) is 0 Å². The first-order valence-electron chi connectivity index (χ1n) is 2.37. The third kappa shape index (κ3) is 11.6. The Balaban J connectivity index is 0. The molecule has 0 aromatic heterocycles. The van der Waals surface area contributed by atoms with Crippen molar-refractivity contribution in [3.8, 4) is 0 Å². The third-order valence-corrected chi connectivity index (χ3v) is 1.20. The van der Waals surface area contributed by atoms with E-state index in [0.717, 1.165) is 6.66 Å². The van der Waals surface area contributed by atoms with E-state index in [1.807, 2.05) is 0 Å². The normalized spacial score (nSPS) is 16.6. The maximum atomic E-state index is 12.0. The Morgan fingerprint density at radius 2 is 1.89 bits per heavy atom. The summed E-state index contributed by atoms with van der Waals surface area (Å²) in [6.45, 7) is 4.22. The molecule has 0 heterocycles. The molecule has 0 amide bonds. The molecule has 0 spiro atoms. The van der Waals surface area contributed by atoms with Gasteiger partial charge in [-0.15, -0.1) is 0 Å². The number of rotatable bonds is 2. The fourth-order valence-electron chi connectivity index (χ4n) is 0.377. The van der Waals surface area contributed by atoms with Crippen LogP contribution >= 0.6 is 7.68 Å². The van der Waals surface area contributed by atoms with Gasteiger partial charge in [0.1, 0.15) is 0 Å². The fraction of sp³-hybridized carbons (Fsp3) is 1.00. The highest BCUT2D eigenvalue weighted by molar-refractivity contribution is 7.52. The van der Waals surface area contributed by atoms with Gasteiger partial charge in [0, 0.05) is 12.1 Å². The summed E-state index contributed by atoms with van der Waals surface area (Å²) in [5.41, 5.74) is 0. The molecule has 56 valence electrons. The zero-order valence-electron chi connectivity index (χ0n) is 5.63. The first-order valence-corrected chi connectivity index (χ1v) is 4.33. The molecule has 1 unspecified atom stereocenters. The van der Waals surface area contributed by atoms with Gasteiger partial charge < -0.3 is 4.52 Å². The van der Waals surface area contributed by atoms with Gasteiger partial charge in [0.2, 0.25) is 0 Å². The van der Waals surface area contributed by atoms with Crippen LogP contribution in [0.2, 0.25) is 0 Å². The summed E-state index contributed by atoms with van der Waals surface area (Å²) in [4.78, 5) is 0. The molecule has 0 saturated heterocycles. The Labute approximate surface area is 54.1 Å². The summed E-state index contributed by atoms with van der Waals surface area (Å²) < 4.78 is 26.4. The highest BCUT2D eigenvalue weighted by atomic mass is 31.2. The zero-order chi connectivity index (χ0) is 6.78. The lowest BCUT2D eigenvalue weighted by atomic mass is 10.5. The Kier molecular flexibility index (Phi) is 5.24. The van der Waals surface area contributed by atoms with Crippen LogP contribution in [0, 0.1) is 0 Å². The third-order valence-electron chi connectivity index (χ3n) is 0.399. The molecule has 0 aliphatic carbocycles. The molecule has 9 heavy (non-hydrogen) atoms. The lowest BCUT2D eigenvalue weighted by molar-refractivity contribution is 0.227. The summed E-state index contributed by atoms with van der Waals surface area (Å²) in [6.07, 6.45) is -0.296. The minimum atomic E-state index is -3.72. The first kappa shape index (κ1) is 11.8. The second-order valence-electron chi connectivity index (χ2n) is 1.90. The van der Waals surface area contributed by atoms with Crippen molar-refractivity contribution in [2.45, 2.75) is 20.0 Å². The highest BCUT2D eigenvalue weighted by Gasteiger charge is 2.13. The molecule has 3 nitrogen and oxygen atoms in total. The topological polar surface area (TPSA) is 54.8 Å². The van der Waals surface area contributed by atoms with E-state index in [-0.39, 0.29) is 11.6 Å². The molecule has 0 aliphatic rings. The molecule has 0 aromatic rings. The molecule has 0 N–H and O–H groups in total. The van der Waals surface area contributed by atoms with E-state index in [2.05, 4.69) is 4.52 Å². The lowest BCUT2D eigenvalue weighted by Crippen LogP contribution is -1.96. The van der Waals surface area contributed by atoms with E-state index in [9.17, 15) is 8.76 Å². The van der Waals surface area contributed by atoms with Gasteiger partial charge in [0.05, 0.1) is 6.10 Å². The fourth-order valence-corrected chi connectivity index (χ4v) is 1.13. The van der Waals surface area contributed by atoms with Gasteiger partial charge >= 0.3 is 7.68 Å². The Morgan fingerprint density at radius 3 is 1.89 bits per heavy atom. The zero-order valence-corrected chi connectivity index (χ0v) is 6.52. The van der Waals surface area contributed by atoms with Crippen molar-refractivity contribution in [1.29, 1.82) is 0 Å². The van der Waals surface area contributed by atoms with Crippen LogP contribution in [-0.4, -0.2) is 12.8 Å². The number of hydrogen-bond acceptors (Lipinski definition) is 2. The molecular formula is C4H10FO3P. The molecule has 1 atom stereocenters. The number of halogens is 1. The maximum absolute atomic E-state index is 12.0. The maximum Gasteiger partial charge on any atom is 0.364 e. The minimum absolute atomic E-state index is 0. The standard InChI is InChI=1S/C4H10FO2P.O/c1-4(2)7-8(3,5)6;/h4H,1-3H3;. The molecule has 0 rings (SSSR count). The van der Waals surface area contributed by atoms with Gasteiger partial charge in [0.25, 0.3) is 0 Å². The van der Waals surface area contributed by atoms with E-state index < -0.39 is 7.68 Å². The Bertz CT molecular complexity index is 108. The number of hydrogen-bond donors (Lipinski definition) is 0. The van der Waals surface area contributed by atoms with Crippen LogP contribution in [0.4, 0.5) is 4.20 Å². The van der Waals surface area contributed by atoms with Crippen LogP contribution in [-0.2, 0) is 14.6 Å². The molecule has 0 saturated carbocycles. The average molecular weight is 156 g/mol. The predicted octanol–water partition coefficient (Wildman–Crippen LogP) is 2.08. The molecule has 0 bridgehead atoms. The van der Waals surface area contributed by atoms with Crippen LogP contribution < -0.4 is 0 Å². The van der Waals surface area contributed by atoms with Crippen molar-refractivity contribution in [3.05, 3.63) is 0 Å². The Morgan fingerprint density at radius 1 is 1.56 bits per heavy atom. The smallest absolute Gasteiger partial charge is 0.303 e. The van der Waals surface area contributed by atoms with Crippen LogP contribution in [0.5, 0.6) is 0 Å². The largest absolute Gasteiger partial charge is 0.364 e. The quantitative estimate of drug-likeness (QED) is 0.574. The van der Waals surface area contributed by atoms with E-state index in [1.54, 1.807) is 13.8 Å². The first-order chi connectivity index (χ1) is 3.42. The molecule has 5 heteroatoms. The summed E-state index contributed by atoms with van der Waals surface area (Å²) in [7, 11) is -3.72. The van der Waals surface area contributed by atoms with Crippen LogP contribution in [0.1, 0.15) is 13.8 Å². The second kappa shape index (κ2) is 3.99. The summed E-state index contributed by atoms with van der Waals surface area (Å²) in [5, 5.41) is 0. The van der Waals surface area contributed by atoms with Gasteiger partial charge in [0.15, 0.2) is 0 Å². The van der Waals surface area contributed by atoms with Crippen LogP contribution in [0.3, 0.4) is 0 Å². The van der Waals surface area contributed by atoms with E-state index >= 15 is 0 Å². The van der Waals surface area contributed by atoms with E-state index in [0.29, 0.717) is 0 Å². The lowest BCUT2D eigenvalue weighted by Gasteiger charge is -2.06. The van der Waals surface area contributed by atoms with Crippen molar-refractivity contribution in [2.24, 2.45) is 0 Å². The molecule has 0 aliphatic heterocycles. The summed E-state index contributed by atoms with van der Waals surface area (Å²) in [6, 6.07) is 0. The monoisotopic (exact) mass is 156 g/mol. The summed E-state index contributed by atoms with van der Waals surface area (Å²) in [5.74, 6) is 0. The van der Waals surface area contributed by atoms with Gasteiger partial charge in [-0.05, 0) is 13.8 Å². The molecule has 0 aromatic carbocycles.